The van der Waals surface area contributed by atoms with Crippen LogP contribution in [0.3, 0.4) is 0 Å². The third kappa shape index (κ3) is 3.02. The maximum absolute atomic E-state index is 12.6. The molecule has 0 saturated heterocycles. The first kappa shape index (κ1) is 20.8. The Morgan fingerprint density at radius 1 is 1.07 bits per heavy atom. The fourth-order valence-electron chi connectivity index (χ4n) is 5.26. The van der Waals surface area contributed by atoms with Crippen LogP contribution in [0.25, 0.3) is 11.3 Å². The van der Waals surface area contributed by atoms with E-state index in [1.54, 1.807) is 0 Å². The highest BCUT2D eigenvalue weighted by Crippen LogP contribution is 2.48. The van der Waals surface area contributed by atoms with Crippen LogP contribution in [0.4, 0.5) is 0 Å². The minimum atomic E-state index is -0.496. The zero-order valence-electron chi connectivity index (χ0n) is 18.3. The Labute approximate surface area is 171 Å². The summed E-state index contributed by atoms with van der Waals surface area (Å²) in [5.41, 5.74) is 4.30. The molecule has 2 aromatic rings. The molecule has 150 valence electrons. The van der Waals surface area contributed by atoms with Gasteiger partial charge >= 0.3 is 0 Å². The molecular formula is C26H36NO+. The second-order valence-corrected chi connectivity index (χ2v) is 8.73. The van der Waals surface area contributed by atoms with Gasteiger partial charge in [0.25, 0.3) is 0 Å². The van der Waals surface area contributed by atoms with E-state index in [0.29, 0.717) is 5.92 Å². The van der Waals surface area contributed by atoms with Gasteiger partial charge in [-0.15, -0.1) is 0 Å². The number of carbonyl (C=O) groups excluding carboxylic acids is 1. The first-order chi connectivity index (χ1) is 13.5. The topological polar surface area (TPSA) is 20.9 Å². The number of benzene rings is 1. The van der Waals surface area contributed by atoms with Crippen LogP contribution in [-0.4, -0.2) is 6.29 Å². The molecule has 1 aromatic heterocycles. The van der Waals surface area contributed by atoms with Crippen molar-refractivity contribution in [3.8, 4) is 11.3 Å². The standard InChI is InChI=1S/C26H36NO/c1-6-9-10-13-20(4)21-16-17-27-24(18-21)22-14-11-12-15-23(22)26(8-3,19-28)25(27,5)7-2/h11-12,14-20H,6-10,13H2,1-5H3/q+1. The zero-order valence-corrected chi connectivity index (χ0v) is 18.3. The molecule has 2 nitrogen and oxygen atoms in total. The maximum Gasteiger partial charge on any atom is 0.213 e. The number of pyridine rings is 1. The summed E-state index contributed by atoms with van der Waals surface area (Å²) in [6.07, 6.45) is 10.3. The molecule has 1 aromatic carbocycles. The summed E-state index contributed by atoms with van der Waals surface area (Å²) in [5.74, 6) is 0.557. The molecule has 0 aliphatic carbocycles. The number of aromatic nitrogens is 1. The van der Waals surface area contributed by atoms with Crippen LogP contribution >= 0.6 is 0 Å². The van der Waals surface area contributed by atoms with E-state index in [1.807, 2.05) is 0 Å². The highest BCUT2D eigenvalue weighted by molar-refractivity contribution is 5.78. The number of nitrogens with zero attached hydrogens (tertiary/aromatic N) is 1. The summed E-state index contributed by atoms with van der Waals surface area (Å²) in [6.45, 7) is 11.2. The molecule has 0 saturated carbocycles. The maximum atomic E-state index is 12.6. The molecule has 0 spiro atoms. The monoisotopic (exact) mass is 378 g/mol. The lowest BCUT2D eigenvalue weighted by atomic mass is 9.60. The number of fused-ring (bicyclic) bond motifs is 3. The van der Waals surface area contributed by atoms with Crippen LogP contribution in [0.15, 0.2) is 42.6 Å². The first-order valence-corrected chi connectivity index (χ1v) is 11.1. The third-order valence-electron chi connectivity index (χ3n) is 7.41. The van der Waals surface area contributed by atoms with Gasteiger partial charge < -0.3 is 4.79 Å². The molecule has 2 heteroatoms. The molecule has 3 atom stereocenters. The van der Waals surface area contributed by atoms with Gasteiger partial charge in [-0.25, -0.2) is 0 Å². The number of hydrogen-bond donors (Lipinski definition) is 0. The van der Waals surface area contributed by atoms with Gasteiger partial charge in [-0.3, -0.25) is 0 Å². The van der Waals surface area contributed by atoms with Crippen molar-refractivity contribution < 1.29 is 9.36 Å². The van der Waals surface area contributed by atoms with Gasteiger partial charge in [-0.2, -0.15) is 4.57 Å². The number of rotatable bonds is 8. The van der Waals surface area contributed by atoms with E-state index in [2.05, 4.69) is 81.8 Å². The van der Waals surface area contributed by atoms with Gasteiger partial charge in [0.15, 0.2) is 11.7 Å². The Bertz CT molecular complexity index is 842. The Balaban J connectivity index is 2.17. The molecule has 3 rings (SSSR count). The quantitative estimate of drug-likeness (QED) is 0.299. The number of unbranched alkanes of at least 4 members (excludes halogenated alkanes) is 2. The largest absolute Gasteiger partial charge is 0.302 e. The molecule has 0 fully saturated rings. The highest BCUT2D eigenvalue weighted by atomic mass is 16.1. The second kappa shape index (κ2) is 8.19. The van der Waals surface area contributed by atoms with Crippen LogP contribution in [0.2, 0.25) is 0 Å². The molecule has 0 bridgehead atoms. The molecule has 0 radical (unpaired) electrons. The van der Waals surface area contributed by atoms with E-state index in [9.17, 15) is 4.79 Å². The van der Waals surface area contributed by atoms with E-state index in [-0.39, 0.29) is 5.54 Å². The van der Waals surface area contributed by atoms with Gasteiger partial charge in [0.2, 0.25) is 5.69 Å². The molecule has 1 aliphatic heterocycles. The predicted octanol–water partition coefficient (Wildman–Crippen LogP) is 6.31. The van der Waals surface area contributed by atoms with Crippen LogP contribution in [0.5, 0.6) is 0 Å². The highest BCUT2D eigenvalue weighted by Gasteiger charge is 2.59. The predicted molar refractivity (Wildman–Crippen MR) is 117 cm³/mol. The summed E-state index contributed by atoms with van der Waals surface area (Å²) in [7, 11) is 0. The van der Waals surface area contributed by atoms with E-state index < -0.39 is 5.41 Å². The lowest BCUT2D eigenvalue weighted by molar-refractivity contribution is -0.762. The molecule has 0 N–H and O–H groups in total. The lowest BCUT2D eigenvalue weighted by Crippen LogP contribution is -2.69. The van der Waals surface area contributed by atoms with Gasteiger partial charge in [-0.1, -0.05) is 65.2 Å². The minimum absolute atomic E-state index is 0.267. The van der Waals surface area contributed by atoms with Crippen molar-refractivity contribution in [3.05, 3.63) is 53.7 Å². The van der Waals surface area contributed by atoms with Crippen molar-refractivity contribution in [1.29, 1.82) is 0 Å². The van der Waals surface area contributed by atoms with Gasteiger partial charge in [0.05, 0.1) is 5.56 Å². The van der Waals surface area contributed by atoms with Crippen LogP contribution in [-0.2, 0) is 15.7 Å². The summed E-state index contributed by atoms with van der Waals surface area (Å²) >= 11 is 0. The summed E-state index contributed by atoms with van der Waals surface area (Å²) < 4.78 is 2.38. The third-order valence-corrected chi connectivity index (χ3v) is 7.41. The molecular weight excluding hydrogens is 342 g/mol. The number of carbonyl (C=O) groups is 1. The molecule has 28 heavy (non-hydrogen) atoms. The molecule has 3 unspecified atom stereocenters. The van der Waals surface area contributed by atoms with E-state index in [0.717, 1.165) is 12.8 Å². The zero-order chi connectivity index (χ0) is 20.4. The summed E-state index contributed by atoms with van der Waals surface area (Å²) in [6, 6.07) is 13.2. The van der Waals surface area contributed by atoms with Crippen LogP contribution in [0.1, 0.15) is 90.2 Å². The van der Waals surface area contributed by atoms with Crippen molar-refractivity contribution in [2.75, 3.05) is 0 Å². The minimum Gasteiger partial charge on any atom is -0.302 e. The Kier molecular flexibility index (Phi) is 6.07. The van der Waals surface area contributed by atoms with Crippen molar-refractivity contribution in [2.45, 2.75) is 90.0 Å². The smallest absolute Gasteiger partial charge is 0.213 e. The Morgan fingerprint density at radius 3 is 2.46 bits per heavy atom. The second-order valence-electron chi connectivity index (χ2n) is 8.73. The SMILES string of the molecule is CCCCCC(C)c1cc[n+]2c(c1)-c1ccccc1C(C=O)(CC)C2(C)CC. The molecule has 2 heterocycles. The first-order valence-electron chi connectivity index (χ1n) is 11.1. The number of aldehydes is 1. The van der Waals surface area contributed by atoms with Gasteiger partial charge in [0.1, 0.15) is 11.7 Å². The molecule has 1 aliphatic rings. The fraction of sp³-hybridized carbons (Fsp3) is 0.538. The van der Waals surface area contributed by atoms with Crippen molar-refractivity contribution in [2.24, 2.45) is 0 Å². The van der Waals surface area contributed by atoms with E-state index in [4.69, 9.17) is 0 Å². The summed E-state index contributed by atoms with van der Waals surface area (Å²) in [5, 5.41) is 0. The number of hydrogen-bond acceptors (Lipinski definition) is 1. The van der Waals surface area contributed by atoms with Crippen LogP contribution in [0, 0.1) is 0 Å². The average Bonchev–Trinajstić information content (AvgIpc) is 2.74. The van der Waals surface area contributed by atoms with E-state index in [1.165, 1.54) is 54.4 Å². The van der Waals surface area contributed by atoms with Crippen molar-refractivity contribution in [1.82, 2.24) is 0 Å². The lowest BCUT2D eigenvalue weighted by Gasteiger charge is -2.44. The normalized spacial score (nSPS) is 24.3. The van der Waals surface area contributed by atoms with Gasteiger partial charge in [0, 0.05) is 25.5 Å². The summed E-state index contributed by atoms with van der Waals surface area (Å²) in [4.78, 5) is 12.6. The van der Waals surface area contributed by atoms with Crippen molar-refractivity contribution >= 4 is 6.29 Å². The average molecular weight is 379 g/mol. The Morgan fingerprint density at radius 2 is 1.82 bits per heavy atom. The van der Waals surface area contributed by atoms with E-state index >= 15 is 0 Å². The fourth-order valence-corrected chi connectivity index (χ4v) is 5.26. The van der Waals surface area contributed by atoms with Crippen molar-refractivity contribution in [3.63, 3.8) is 0 Å². The van der Waals surface area contributed by atoms with Crippen LogP contribution < -0.4 is 4.57 Å². The Hall–Kier alpha value is -1.96. The van der Waals surface area contributed by atoms with Gasteiger partial charge in [-0.05, 0) is 36.0 Å². The molecule has 0 amide bonds.